The number of fused-ring (bicyclic) bond motifs is 3. The first-order valence-corrected chi connectivity index (χ1v) is 14.4. The van der Waals surface area contributed by atoms with Crippen LogP contribution in [0.5, 0.6) is 5.75 Å². The molecule has 0 saturated carbocycles. The third kappa shape index (κ3) is 5.28. The van der Waals surface area contributed by atoms with Gasteiger partial charge in [0, 0.05) is 22.7 Å². The molecule has 2 aromatic carbocycles. The van der Waals surface area contributed by atoms with Crippen molar-refractivity contribution in [3.8, 4) is 11.4 Å². The second-order valence-electron chi connectivity index (χ2n) is 9.70. The van der Waals surface area contributed by atoms with E-state index in [9.17, 15) is 19.7 Å². The number of amides is 1. The summed E-state index contributed by atoms with van der Waals surface area (Å²) in [6.45, 7) is 5.66. The highest BCUT2D eigenvalue weighted by atomic mass is 32.2. The zero-order chi connectivity index (χ0) is 27.8. The van der Waals surface area contributed by atoms with Crippen LogP contribution in [0, 0.1) is 30.9 Å². The van der Waals surface area contributed by atoms with Crippen LogP contribution in [-0.4, -0.2) is 33.2 Å². The molecular formula is C28H28N4O5S2. The SMILES string of the molecule is COc1cc(NC(=O)CSc2nc3sc4c(c3c(=O)n2-c2cc(C)cc(C)c2)CCCC4)c(C)cc1[N+](=O)[O-]. The molecule has 1 aliphatic carbocycles. The maximum absolute atomic E-state index is 14.0. The predicted molar refractivity (Wildman–Crippen MR) is 155 cm³/mol. The summed E-state index contributed by atoms with van der Waals surface area (Å²) in [7, 11) is 1.34. The van der Waals surface area contributed by atoms with Crippen molar-refractivity contribution in [2.45, 2.75) is 51.6 Å². The van der Waals surface area contributed by atoms with Gasteiger partial charge >= 0.3 is 5.69 Å². The van der Waals surface area contributed by atoms with Gasteiger partial charge in [-0.05, 0) is 80.8 Å². The van der Waals surface area contributed by atoms with Gasteiger partial charge in [-0.3, -0.25) is 24.3 Å². The molecule has 39 heavy (non-hydrogen) atoms. The molecule has 0 atom stereocenters. The first kappa shape index (κ1) is 26.9. The van der Waals surface area contributed by atoms with Crippen LogP contribution in [0.15, 0.2) is 40.3 Å². The standard InChI is InChI=1S/C28H28N4O5S2/c1-15-9-16(2)11-18(10-15)31-27(34)25-19-7-5-6-8-23(19)39-26(25)30-28(31)38-14-24(33)29-20-13-22(37-4)21(32(35)36)12-17(20)3/h9-13H,5-8,14H2,1-4H3,(H,29,33). The molecule has 0 bridgehead atoms. The Morgan fingerprint density at radius 1 is 1.15 bits per heavy atom. The summed E-state index contributed by atoms with van der Waals surface area (Å²) in [5.41, 5.74) is 4.58. The van der Waals surface area contributed by atoms with E-state index in [1.165, 1.54) is 35.9 Å². The van der Waals surface area contributed by atoms with Crippen molar-refractivity contribution in [2.75, 3.05) is 18.2 Å². The van der Waals surface area contributed by atoms with Gasteiger partial charge in [-0.25, -0.2) is 4.98 Å². The van der Waals surface area contributed by atoms with Crippen LogP contribution in [0.3, 0.4) is 0 Å². The molecule has 0 unspecified atom stereocenters. The molecule has 0 saturated heterocycles. The number of hydrogen-bond acceptors (Lipinski definition) is 8. The van der Waals surface area contributed by atoms with E-state index in [0.29, 0.717) is 26.6 Å². The monoisotopic (exact) mass is 564 g/mol. The van der Waals surface area contributed by atoms with Gasteiger partial charge in [0.1, 0.15) is 4.83 Å². The van der Waals surface area contributed by atoms with E-state index in [-0.39, 0.29) is 28.7 Å². The van der Waals surface area contributed by atoms with Crippen molar-refractivity contribution >= 4 is 50.6 Å². The van der Waals surface area contributed by atoms with Crippen molar-refractivity contribution in [2.24, 2.45) is 0 Å². The summed E-state index contributed by atoms with van der Waals surface area (Å²) < 4.78 is 6.77. The minimum atomic E-state index is -0.524. The number of aromatic nitrogens is 2. The van der Waals surface area contributed by atoms with Crippen molar-refractivity contribution in [1.29, 1.82) is 0 Å². The normalized spacial score (nSPS) is 12.8. The highest BCUT2D eigenvalue weighted by Crippen LogP contribution is 2.36. The fraction of sp³-hybridized carbons (Fsp3) is 0.321. The van der Waals surface area contributed by atoms with Crippen LogP contribution in [0.1, 0.15) is 40.0 Å². The van der Waals surface area contributed by atoms with Gasteiger partial charge in [-0.15, -0.1) is 11.3 Å². The fourth-order valence-electron chi connectivity index (χ4n) is 5.02. The van der Waals surface area contributed by atoms with Crippen LogP contribution in [-0.2, 0) is 17.6 Å². The fourth-order valence-corrected chi connectivity index (χ4v) is 7.14. The number of nitrogens with zero attached hydrogens (tertiary/aromatic N) is 3. The molecule has 0 radical (unpaired) electrons. The smallest absolute Gasteiger partial charge is 0.311 e. The summed E-state index contributed by atoms with van der Waals surface area (Å²) in [6, 6.07) is 8.78. The maximum atomic E-state index is 14.0. The number of thiophene rings is 1. The number of aryl methyl sites for hydroxylation is 5. The summed E-state index contributed by atoms with van der Waals surface area (Å²) in [5, 5.41) is 15.3. The molecule has 0 spiro atoms. The molecule has 202 valence electrons. The molecule has 1 N–H and O–H groups in total. The lowest BCUT2D eigenvalue weighted by Gasteiger charge is -2.15. The molecule has 0 fully saturated rings. The number of rotatable bonds is 7. The predicted octanol–water partition coefficient (Wildman–Crippen LogP) is 5.90. The Kier molecular flexibility index (Phi) is 7.46. The van der Waals surface area contributed by atoms with Crippen LogP contribution in [0.2, 0.25) is 0 Å². The van der Waals surface area contributed by atoms with Crippen LogP contribution in [0.4, 0.5) is 11.4 Å². The molecular weight excluding hydrogens is 536 g/mol. The molecule has 1 aliphatic rings. The molecule has 11 heteroatoms. The Morgan fingerprint density at radius 2 is 1.87 bits per heavy atom. The number of thioether (sulfide) groups is 1. The molecule has 1 amide bonds. The first-order valence-electron chi connectivity index (χ1n) is 12.6. The van der Waals surface area contributed by atoms with Crippen LogP contribution >= 0.6 is 23.1 Å². The van der Waals surface area contributed by atoms with Gasteiger partial charge in [0.15, 0.2) is 10.9 Å². The average Bonchev–Trinajstić information content (AvgIpc) is 3.26. The molecule has 5 rings (SSSR count). The average molecular weight is 565 g/mol. The van der Waals surface area contributed by atoms with E-state index in [2.05, 4.69) is 5.32 Å². The quantitative estimate of drug-likeness (QED) is 0.129. The maximum Gasteiger partial charge on any atom is 0.311 e. The highest BCUT2D eigenvalue weighted by Gasteiger charge is 2.24. The van der Waals surface area contributed by atoms with Crippen LogP contribution in [0.25, 0.3) is 15.9 Å². The minimum absolute atomic E-state index is 0.00736. The summed E-state index contributed by atoms with van der Waals surface area (Å²) in [5.74, 6) is -0.274. The zero-order valence-corrected chi connectivity index (χ0v) is 23.8. The van der Waals surface area contributed by atoms with E-state index < -0.39 is 4.92 Å². The van der Waals surface area contributed by atoms with Gasteiger partial charge in [-0.2, -0.15) is 0 Å². The van der Waals surface area contributed by atoms with Crippen molar-refractivity contribution in [1.82, 2.24) is 9.55 Å². The Balaban J connectivity index is 1.50. The lowest BCUT2D eigenvalue weighted by molar-refractivity contribution is -0.385. The van der Waals surface area contributed by atoms with Crippen molar-refractivity contribution in [3.05, 3.63) is 77.9 Å². The number of methoxy groups -OCH3 is 1. The lowest BCUT2D eigenvalue weighted by atomic mass is 9.97. The molecule has 4 aromatic rings. The number of ether oxygens (including phenoxy) is 1. The van der Waals surface area contributed by atoms with Gasteiger partial charge in [0.05, 0.1) is 28.9 Å². The molecule has 9 nitrogen and oxygen atoms in total. The summed E-state index contributed by atoms with van der Waals surface area (Å²) in [6.07, 6.45) is 4.01. The van der Waals surface area contributed by atoms with Gasteiger partial charge in [0.2, 0.25) is 5.91 Å². The summed E-state index contributed by atoms with van der Waals surface area (Å²) >= 11 is 2.76. The lowest BCUT2D eigenvalue weighted by Crippen LogP contribution is -2.23. The third-order valence-corrected chi connectivity index (χ3v) is 8.88. The number of nitro benzene ring substituents is 1. The molecule has 0 aliphatic heterocycles. The molecule has 2 aromatic heterocycles. The van der Waals surface area contributed by atoms with Crippen LogP contribution < -0.4 is 15.6 Å². The Labute approximate surface area is 233 Å². The minimum Gasteiger partial charge on any atom is -0.490 e. The third-order valence-electron chi connectivity index (χ3n) is 6.75. The summed E-state index contributed by atoms with van der Waals surface area (Å²) in [4.78, 5) is 44.6. The second-order valence-corrected chi connectivity index (χ2v) is 11.7. The Morgan fingerprint density at radius 3 is 2.56 bits per heavy atom. The van der Waals surface area contributed by atoms with Crippen molar-refractivity contribution < 1.29 is 14.5 Å². The number of hydrogen-bond donors (Lipinski definition) is 1. The Bertz CT molecular complexity index is 1670. The van der Waals surface area contributed by atoms with E-state index in [1.807, 2.05) is 32.0 Å². The highest BCUT2D eigenvalue weighted by molar-refractivity contribution is 7.99. The number of anilines is 1. The molecule has 2 heterocycles. The van der Waals surface area contributed by atoms with Crippen molar-refractivity contribution in [3.63, 3.8) is 0 Å². The number of nitrogens with one attached hydrogen (secondary N) is 1. The van der Waals surface area contributed by atoms with Gasteiger partial charge < -0.3 is 10.1 Å². The van der Waals surface area contributed by atoms with E-state index >= 15 is 0 Å². The second kappa shape index (κ2) is 10.8. The first-order chi connectivity index (χ1) is 18.7. The number of carbonyl (C=O) groups excluding carboxylic acids is 1. The van der Waals surface area contributed by atoms with E-state index in [4.69, 9.17) is 9.72 Å². The number of carbonyl (C=O) groups is 1. The largest absolute Gasteiger partial charge is 0.490 e. The van der Waals surface area contributed by atoms with Gasteiger partial charge in [-0.1, -0.05) is 17.8 Å². The zero-order valence-electron chi connectivity index (χ0n) is 22.1. The topological polar surface area (TPSA) is 116 Å². The Hall–Kier alpha value is -3.70. The number of benzene rings is 2. The van der Waals surface area contributed by atoms with E-state index in [1.54, 1.807) is 22.8 Å². The number of nitro groups is 1. The van der Waals surface area contributed by atoms with E-state index in [0.717, 1.165) is 48.1 Å². The van der Waals surface area contributed by atoms with Gasteiger partial charge in [0.25, 0.3) is 5.56 Å².